The van der Waals surface area contributed by atoms with Gasteiger partial charge in [-0.05, 0) is 34.9 Å². The van der Waals surface area contributed by atoms with Crippen LogP contribution in [0.15, 0.2) is 79.0 Å². The van der Waals surface area contributed by atoms with Crippen molar-refractivity contribution in [3.05, 3.63) is 84.6 Å². The lowest BCUT2D eigenvalue weighted by Gasteiger charge is -2.09. The van der Waals surface area contributed by atoms with Gasteiger partial charge in [0.25, 0.3) is 0 Å². The monoisotopic (exact) mass is 343 g/mol. The van der Waals surface area contributed by atoms with Gasteiger partial charge in [0.2, 0.25) is 0 Å². The lowest BCUT2D eigenvalue weighted by Crippen LogP contribution is -2.02. The number of hydrogen-bond acceptors (Lipinski definition) is 4. The lowest BCUT2D eigenvalue weighted by molar-refractivity contribution is 0.404. The Morgan fingerprint density at radius 3 is 2.35 bits per heavy atom. The molecule has 0 aliphatic rings. The Balaban J connectivity index is 1.63. The molecule has 0 atom stereocenters. The van der Waals surface area contributed by atoms with Crippen LogP contribution in [0.1, 0.15) is 5.56 Å². The molecule has 0 aliphatic carbocycles. The summed E-state index contributed by atoms with van der Waals surface area (Å²) in [6, 6.07) is 23.1. The van der Waals surface area contributed by atoms with Crippen molar-refractivity contribution in [2.24, 2.45) is 0 Å². The molecule has 4 rings (SSSR count). The maximum atomic E-state index is 9.66. The van der Waals surface area contributed by atoms with E-state index in [0.717, 1.165) is 16.7 Å². The van der Waals surface area contributed by atoms with E-state index in [-0.39, 0.29) is 11.5 Å². The van der Waals surface area contributed by atoms with Gasteiger partial charge in [-0.25, -0.2) is 4.68 Å². The molecule has 4 aromatic rings. The molecule has 3 aromatic carbocycles. The van der Waals surface area contributed by atoms with Crippen molar-refractivity contribution in [3.63, 3.8) is 0 Å². The Morgan fingerprint density at radius 1 is 0.769 bits per heavy atom. The number of phenols is 2. The van der Waals surface area contributed by atoms with Gasteiger partial charge in [0.15, 0.2) is 11.5 Å². The third-order valence-corrected chi connectivity index (χ3v) is 4.24. The van der Waals surface area contributed by atoms with Gasteiger partial charge in [-0.15, -0.1) is 5.10 Å². The van der Waals surface area contributed by atoms with E-state index in [1.807, 2.05) is 36.5 Å². The highest BCUT2D eigenvalue weighted by molar-refractivity contribution is 5.67. The number of rotatable bonds is 4. The summed E-state index contributed by atoms with van der Waals surface area (Å²) < 4.78 is 1.76. The van der Waals surface area contributed by atoms with Crippen LogP contribution in [0.25, 0.3) is 22.4 Å². The number of hydrogen-bond donors (Lipinski definition) is 2. The third kappa shape index (κ3) is 3.15. The fourth-order valence-corrected chi connectivity index (χ4v) is 2.92. The quantitative estimate of drug-likeness (QED) is 0.548. The summed E-state index contributed by atoms with van der Waals surface area (Å²) in [6.07, 6.45) is 1.83. The molecule has 0 bridgehead atoms. The summed E-state index contributed by atoms with van der Waals surface area (Å²) in [5.74, 6) is -0.329. The van der Waals surface area contributed by atoms with E-state index in [2.05, 4.69) is 34.6 Å². The van der Waals surface area contributed by atoms with Crippen molar-refractivity contribution in [2.45, 2.75) is 6.54 Å². The summed E-state index contributed by atoms with van der Waals surface area (Å²) >= 11 is 0. The van der Waals surface area contributed by atoms with Crippen LogP contribution in [-0.4, -0.2) is 25.2 Å². The molecule has 1 heterocycles. The van der Waals surface area contributed by atoms with Gasteiger partial charge in [-0.2, -0.15) is 0 Å². The Labute approximate surface area is 150 Å². The van der Waals surface area contributed by atoms with Gasteiger partial charge in [0.1, 0.15) is 5.69 Å². The second kappa shape index (κ2) is 6.72. The molecule has 128 valence electrons. The SMILES string of the molecule is Oc1ccc(-c2cn(Cc3ccccc3-c3ccccc3)nn2)cc1O. The molecule has 5 heteroatoms. The Kier molecular flexibility index (Phi) is 4.11. The maximum absolute atomic E-state index is 9.66. The molecule has 0 spiro atoms. The second-order valence-electron chi connectivity index (χ2n) is 6.03. The molecule has 0 fully saturated rings. The standard InChI is InChI=1S/C21H17N3O2/c25-20-11-10-16(12-21(20)26)19-14-24(23-22-19)13-17-8-4-5-9-18(17)15-6-2-1-3-7-15/h1-12,14,25-26H,13H2. The van der Waals surface area contributed by atoms with Crippen LogP contribution in [0, 0.1) is 0 Å². The normalized spacial score (nSPS) is 10.8. The molecule has 2 N–H and O–H groups in total. The summed E-state index contributed by atoms with van der Waals surface area (Å²) in [6.45, 7) is 0.585. The van der Waals surface area contributed by atoms with Crippen LogP contribution in [0.3, 0.4) is 0 Å². The summed E-state index contributed by atoms with van der Waals surface area (Å²) in [5, 5.41) is 27.5. The molecule has 26 heavy (non-hydrogen) atoms. The second-order valence-corrected chi connectivity index (χ2v) is 6.03. The number of aromatic nitrogens is 3. The van der Waals surface area contributed by atoms with E-state index >= 15 is 0 Å². The number of aromatic hydroxyl groups is 2. The zero-order valence-corrected chi connectivity index (χ0v) is 13.9. The summed E-state index contributed by atoms with van der Waals surface area (Å²) in [7, 11) is 0. The van der Waals surface area contributed by atoms with Gasteiger partial charge >= 0.3 is 0 Å². The van der Waals surface area contributed by atoms with Crippen molar-refractivity contribution in [2.75, 3.05) is 0 Å². The van der Waals surface area contributed by atoms with Gasteiger partial charge in [-0.1, -0.05) is 59.8 Å². The predicted octanol–water partition coefficient (Wildman–Crippen LogP) is 4.07. The number of nitrogens with zero attached hydrogens (tertiary/aromatic N) is 3. The molecule has 0 radical (unpaired) electrons. The van der Waals surface area contributed by atoms with Crippen molar-refractivity contribution >= 4 is 0 Å². The Hall–Kier alpha value is -3.60. The summed E-state index contributed by atoms with van der Waals surface area (Å²) in [5.41, 5.74) is 4.79. The number of benzene rings is 3. The van der Waals surface area contributed by atoms with Gasteiger partial charge in [0.05, 0.1) is 12.7 Å². The fraction of sp³-hybridized carbons (Fsp3) is 0.0476. The van der Waals surface area contributed by atoms with Crippen molar-refractivity contribution in [3.8, 4) is 33.9 Å². The van der Waals surface area contributed by atoms with Crippen LogP contribution in [-0.2, 0) is 6.54 Å². The Morgan fingerprint density at radius 2 is 1.54 bits per heavy atom. The maximum Gasteiger partial charge on any atom is 0.158 e. The molecule has 0 aliphatic heterocycles. The minimum absolute atomic E-state index is 0.155. The first kappa shape index (κ1) is 15.9. The molecular formula is C21H17N3O2. The average Bonchev–Trinajstić information content (AvgIpc) is 3.14. The summed E-state index contributed by atoms with van der Waals surface area (Å²) in [4.78, 5) is 0. The van der Waals surface area contributed by atoms with Crippen molar-refractivity contribution in [1.29, 1.82) is 0 Å². The zero-order chi connectivity index (χ0) is 17.9. The lowest BCUT2D eigenvalue weighted by atomic mass is 10.00. The van der Waals surface area contributed by atoms with Crippen LogP contribution in [0.5, 0.6) is 11.5 Å². The van der Waals surface area contributed by atoms with Gasteiger partial charge in [0, 0.05) is 5.56 Å². The highest BCUT2D eigenvalue weighted by Gasteiger charge is 2.09. The minimum atomic E-state index is -0.175. The largest absolute Gasteiger partial charge is 0.504 e. The third-order valence-electron chi connectivity index (χ3n) is 4.24. The van der Waals surface area contributed by atoms with E-state index in [1.165, 1.54) is 12.1 Å². The molecule has 0 unspecified atom stereocenters. The molecule has 0 saturated heterocycles. The number of phenolic OH excluding ortho intramolecular Hbond substituents is 2. The molecule has 5 nitrogen and oxygen atoms in total. The first-order chi connectivity index (χ1) is 12.7. The predicted molar refractivity (Wildman–Crippen MR) is 99.8 cm³/mol. The minimum Gasteiger partial charge on any atom is -0.504 e. The topological polar surface area (TPSA) is 71.2 Å². The van der Waals surface area contributed by atoms with Gasteiger partial charge < -0.3 is 10.2 Å². The molecular weight excluding hydrogens is 326 g/mol. The van der Waals surface area contributed by atoms with Crippen LogP contribution >= 0.6 is 0 Å². The van der Waals surface area contributed by atoms with Gasteiger partial charge in [-0.3, -0.25) is 0 Å². The van der Waals surface area contributed by atoms with E-state index in [0.29, 0.717) is 17.8 Å². The van der Waals surface area contributed by atoms with E-state index < -0.39 is 0 Å². The molecule has 0 saturated carbocycles. The first-order valence-corrected chi connectivity index (χ1v) is 8.26. The van der Waals surface area contributed by atoms with E-state index in [9.17, 15) is 10.2 Å². The van der Waals surface area contributed by atoms with Crippen LogP contribution in [0.2, 0.25) is 0 Å². The zero-order valence-electron chi connectivity index (χ0n) is 13.9. The highest BCUT2D eigenvalue weighted by atomic mass is 16.3. The molecule has 0 amide bonds. The average molecular weight is 343 g/mol. The van der Waals surface area contributed by atoms with Crippen LogP contribution in [0.4, 0.5) is 0 Å². The fourth-order valence-electron chi connectivity index (χ4n) is 2.92. The van der Waals surface area contributed by atoms with E-state index in [1.54, 1.807) is 10.7 Å². The molecule has 1 aromatic heterocycles. The first-order valence-electron chi connectivity index (χ1n) is 8.26. The Bertz CT molecular complexity index is 1040. The highest BCUT2D eigenvalue weighted by Crippen LogP contribution is 2.29. The van der Waals surface area contributed by atoms with E-state index in [4.69, 9.17) is 0 Å². The van der Waals surface area contributed by atoms with Crippen molar-refractivity contribution < 1.29 is 10.2 Å². The smallest absolute Gasteiger partial charge is 0.158 e. The van der Waals surface area contributed by atoms with Crippen LogP contribution < -0.4 is 0 Å². The van der Waals surface area contributed by atoms with Crippen molar-refractivity contribution in [1.82, 2.24) is 15.0 Å².